The van der Waals surface area contributed by atoms with Crippen LogP contribution < -0.4 is 5.32 Å². The molecule has 1 fully saturated rings. The van der Waals surface area contributed by atoms with Crippen LogP contribution in [0.4, 0.5) is 0 Å². The Kier molecular flexibility index (Phi) is 5.44. The third-order valence-electron chi connectivity index (χ3n) is 4.03. The van der Waals surface area contributed by atoms with Gasteiger partial charge in [0.25, 0.3) is 5.91 Å². The van der Waals surface area contributed by atoms with E-state index in [0.717, 1.165) is 44.6 Å². The number of hydrogen-bond donors (Lipinski definition) is 1. The average Bonchev–Trinajstić information content (AvgIpc) is 2.48. The van der Waals surface area contributed by atoms with Crippen molar-refractivity contribution in [3.05, 3.63) is 34.3 Å². The summed E-state index contributed by atoms with van der Waals surface area (Å²) in [5.74, 6) is 0.703. The van der Waals surface area contributed by atoms with Gasteiger partial charge >= 0.3 is 0 Å². The van der Waals surface area contributed by atoms with Crippen molar-refractivity contribution in [1.29, 1.82) is 0 Å². The first-order valence-electron chi connectivity index (χ1n) is 7.38. The fourth-order valence-corrected chi connectivity index (χ4v) is 2.82. The molecule has 1 aliphatic rings. The fourth-order valence-electron chi connectivity index (χ4n) is 2.64. The Hall–Kier alpha value is -1.06. The van der Waals surface area contributed by atoms with Crippen molar-refractivity contribution in [3.8, 4) is 0 Å². The molecule has 0 spiro atoms. The number of nitrogens with zero attached hydrogens (tertiary/aromatic N) is 1. The number of aryl methyl sites for hydroxylation is 1. The maximum Gasteiger partial charge on any atom is 0.253 e. The van der Waals surface area contributed by atoms with Gasteiger partial charge in [-0.15, -0.1) is 0 Å². The SMILES string of the molecule is CCN(CC1CCNCC1)C(=O)c1ccc(C)c(Cl)c1. The van der Waals surface area contributed by atoms with Gasteiger partial charge in [-0.1, -0.05) is 17.7 Å². The first-order valence-corrected chi connectivity index (χ1v) is 7.75. The number of benzene rings is 1. The van der Waals surface area contributed by atoms with E-state index in [0.29, 0.717) is 16.5 Å². The highest BCUT2D eigenvalue weighted by atomic mass is 35.5. The summed E-state index contributed by atoms with van der Waals surface area (Å²) < 4.78 is 0. The van der Waals surface area contributed by atoms with E-state index >= 15 is 0 Å². The summed E-state index contributed by atoms with van der Waals surface area (Å²) in [5, 5.41) is 4.02. The number of halogens is 1. The molecular formula is C16H23ClN2O. The van der Waals surface area contributed by atoms with E-state index in [4.69, 9.17) is 11.6 Å². The minimum absolute atomic E-state index is 0.0907. The number of nitrogens with one attached hydrogen (secondary N) is 1. The zero-order chi connectivity index (χ0) is 14.5. The highest BCUT2D eigenvalue weighted by molar-refractivity contribution is 6.31. The molecule has 0 aromatic heterocycles. The van der Waals surface area contributed by atoms with Gasteiger partial charge in [0.15, 0.2) is 0 Å². The molecule has 110 valence electrons. The van der Waals surface area contributed by atoms with Crippen molar-refractivity contribution in [2.24, 2.45) is 5.92 Å². The van der Waals surface area contributed by atoms with Gasteiger partial charge in [-0.3, -0.25) is 4.79 Å². The number of carbonyl (C=O) groups excluding carboxylic acids is 1. The van der Waals surface area contributed by atoms with Crippen LogP contribution in [0.2, 0.25) is 5.02 Å². The van der Waals surface area contributed by atoms with Crippen LogP contribution in [0, 0.1) is 12.8 Å². The highest BCUT2D eigenvalue weighted by Gasteiger charge is 2.20. The zero-order valence-corrected chi connectivity index (χ0v) is 13.0. The van der Waals surface area contributed by atoms with Crippen molar-refractivity contribution in [2.45, 2.75) is 26.7 Å². The van der Waals surface area contributed by atoms with Gasteiger partial charge in [-0.2, -0.15) is 0 Å². The molecule has 1 aliphatic heterocycles. The van der Waals surface area contributed by atoms with Crippen LogP contribution >= 0.6 is 11.6 Å². The van der Waals surface area contributed by atoms with E-state index in [1.54, 1.807) is 6.07 Å². The molecule has 20 heavy (non-hydrogen) atoms. The van der Waals surface area contributed by atoms with Crippen LogP contribution in [0.1, 0.15) is 35.7 Å². The first kappa shape index (κ1) is 15.3. The number of carbonyl (C=O) groups is 1. The van der Waals surface area contributed by atoms with E-state index in [2.05, 4.69) is 5.32 Å². The summed E-state index contributed by atoms with van der Waals surface area (Å²) in [6.45, 7) is 7.70. The predicted molar refractivity (Wildman–Crippen MR) is 83.4 cm³/mol. The zero-order valence-electron chi connectivity index (χ0n) is 12.3. The molecule has 0 bridgehead atoms. The largest absolute Gasteiger partial charge is 0.339 e. The summed E-state index contributed by atoms with van der Waals surface area (Å²) in [7, 11) is 0. The molecule has 0 unspecified atom stereocenters. The Balaban J connectivity index is 2.05. The molecule has 1 N–H and O–H groups in total. The topological polar surface area (TPSA) is 32.3 Å². The van der Waals surface area contributed by atoms with E-state index in [-0.39, 0.29) is 5.91 Å². The van der Waals surface area contributed by atoms with Gasteiger partial charge in [0, 0.05) is 23.7 Å². The molecule has 1 amide bonds. The molecular weight excluding hydrogens is 272 g/mol. The monoisotopic (exact) mass is 294 g/mol. The van der Waals surface area contributed by atoms with Crippen molar-refractivity contribution < 1.29 is 4.79 Å². The van der Waals surface area contributed by atoms with E-state index in [9.17, 15) is 4.79 Å². The minimum atomic E-state index is 0.0907. The van der Waals surface area contributed by atoms with Crippen LogP contribution in [-0.2, 0) is 0 Å². The minimum Gasteiger partial charge on any atom is -0.339 e. The normalized spacial score (nSPS) is 16.1. The van der Waals surface area contributed by atoms with E-state index < -0.39 is 0 Å². The average molecular weight is 295 g/mol. The van der Waals surface area contributed by atoms with Gasteiger partial charge in [0.2, 0.25) is 0 Å². The van der Waals surface area contributed by atoms with Gasteiger partial charge in [-0.05, 0) is 63.4 Å². The lowest BCUT2D eigenvalue weighted by Crippen LogP contribution is -2.39. The molecule has 1 aromatic carbocycles. The molecule has 4 heteroatoms. The standard InChI is InChI=1S/C16H23ClN2O/c1-3-19(11-13-6-8-18-9-7-13)16(20)14-5-4-12(2)15(17)10-14/h4-5,10,13,18H,3,6-9,11H2,1-2H3. The summed E-state index contributed by atoms with van der Waals surface area (Å²) in [6, 6.07) is 5.56. The second-order valence-corrected chi connectivity index (χ2v) is 5.91. The van der Waals surface area contributed by atoms with Crippen LogP contribution in [-0.4, -0.2) is 37.0 Å². The van der Waals surface area contributed by atoms with Crippen molar-refractivity contribution in [3.63, 3.8) is 0 Å². The Morgan fingerprint density at radius 3 is 2.70 bits per heavy atom. The first-order chi connectivity index (χ1) is 9.61. The molecule has 0 aliphatic carbocycles. The van der Waals surface area contributed by atoms with E-state index in [1.807, 2.05) is 30.9 Å². The molecule has 1 saturated heterocycles. The van der Waals surface area contributed by atoms with Crippen molar-refractivity contribution in [1.82, 2.24) is 10.2 Å². The summed E-state index contributed by atoms with van der Waals surface area (Å²) >= 11 is 6.12. The maximum absolute atomic E-state index is 12.6. The maximum atomic E-state index is 12.6. The fraction of sp³-hybridized carbons (Fsp3) is 0.562. The van der Waals surface area contributed by atoms with Crippen molar-refractivity contribution in [2.75, 3.05) is 26.2 Å². The summed E-state index contributed by atoms with van der Waals surface area (Å²) in [5.41, 5.74) is 1.70. The molecule has 1 heterocycles. The predicted octanol–water partition coefficient (Wildman–Crippen LogP) is 3.11. The number of piperidine rings is 1. The number of rotatable bonds is 4. The molecule has 0 saturated carbocycles. The Labute approximate surface area is 126 Å². The van der Waals surface area contributed by atoms with Crippen LogP contribution in [0.25, 0.3) is 0 Å². The van der Waals surface area contributed by atoms with E-state index in [1.165, 1.54) is 0 Å². The Morgan fingerprint density at radius 1 is 1.40 bits per heavy atom. The molecule has 0 atom stereocenters. The summed E-state index contributed by atoms with van der Waals surface area (Å²) in [4.78, 5) is 14.5. The molecule has 2 rings (SSSR count). The van der Waals surface area contributed by atoms with Gasteiger partial charge in [-0.25, -0.2) is 0 Å². The van der Waals surface area contributed by atoms with Crippen LogP contribution in [0.15, 0.2) is 18.2 Å². The Bertz CT molecular complexity index is 470. The second kappa shape index (κ2) is 7.09. The number of hydrogen-bond acceptors (Lipinski definition) is 2. The lowest BCUT2D eigenvalue weighted by Gasteiger charge is -2.29. The Morgan fingerprint density at radius 2 is 2.10 bits per heavy atom. The van der Waals surface area contributed by atoms with Gasteiger partial charge in [0.1, 0.15) is 0 Å². The lowest BCUT2D eigenvalue weighted by atomic mass is 9.97. The quantitative estimate of drug-likeness (QED) is 0.925. The summed E-state index contributed by atoms with van der Waals surface area (Å²) in [6.07, 6.45) is 2.30. The number of amides is 1. The van der Waals surface area contributed by atoms with Crippen LogP contribution in [0.5, 0.6) is 0 Å². The van der Waals surface area contributed by atoms with Gasteiger partial charge < -0.3 is 10.2 Å². The molecule has 0 radical (unpaired) electrons. The van der Waals surface area contributed by atoms with Crippen molar-refractivity contribution >= 4 is 17.5 Å². The lowest BCUT2D eigenvalue weighted by molar-refractivity contribution is 0.0727. The molecule has 1 aromatic rings. The third-order valence-corrected chi connectivity index (χ3v) is 4.43. The second-order valence-electron chi connectivity index (χ2n) is 5.50. The molecule has 3 nitrogen and oxygen atoms in total. The highest BCUT2D eigenvalue weighted by Crippen LogP contribution is 2.19. The smallest absolute Gasteiger partial charge is 0.253 e. The van der Waals surface area contributed by atoms with Gasteiger partial charge in [0.05, 0.1) is 0 Å². The van der Waals surface area contributed by atoms with Crippen LogP contribution in [0.3, 0.4) is 0 Å². The third kappa shape index (κ3) is 3.74.